The van der Waals surface area contributed by atoms with Crippen LogP contribution in [-0.2, 0) is 11.3 Å². The number of hydrogen-bond acceptors (Lipinski definition) is 3. The molecule has 0 radical (unpaired) electrons. The number of methoxy groups -OCH3 is 1. The Labute approximate surface area is 120 Å². The lowest BCUT2D eigenvalue weighted by atomic mass is 10.0. The normalized spacial score (nSPS) is 15.2. The Bertz CT molecular complexity index is 454. The number of nitrogens with two attached hydrogens (primary N) is 1. The second-order valence-electron chi connectivity index (χ2n) is 5.54. The number of benzene rings is 1. The van der Waals surface area contributed by atoms with E-state index >= 15 is 0 Å². The van der Waals surface area contributed by atoms with Crippen molar-refractivity contribution in [3.63, 3.8) is 0 Å². The summed E-state index contributed by atoms with van der Waals surface area (Å²) in [6, 6.07) is 5.60. The van der Waals surface area contributed by atoms with E-state index in [4.69, 9.17) is 10.5 Å². The first-order valence-electron chi connectivity index (χ1n) is 7.38. The third-order valence-electron chi connectivity index (χ3n) is 4.04. The number of nitrogens with one attached hydrogen (secondary N) is 1. The molecule has 0 heterocycles. The first kappa shape index (κ1) is 14.7. The number of nitrogen functional groups attached to an aromatic ring is 1. The van der Waals surface area contributed by atoms with Crippen LogP contribution >= 0.6 is 0 Å². The predicted molar refractivity (Wildman–Crippen MR) is 80.4 cm³/mol. The van der Waals surface area contributed by atoms with Crippen LogP contribution in [0.2, 0.25) is 0 Å². The Morgan fingerprint density at radius 2 is 2.15 bits per heavy atom. The molecule has 1 fully saturated rings. The molecule has 1 aliphatic rings. The quantitative estimate of drug-likeness (QED) is 0.785. The van der Waals surface area contributed by atoms with Crippen LogP contribution in [0.1, 0.15) is 44.1 Å². The van der Waals surface area contributed by atoms with Crippen molar-refractivity contribution in [3.05, 3.63) is 23.8 Å². The molecular weight excluding hydrogens is 252 g/mol. The molecule has 0 aliphatic heterocycles. The summed E-state index contributed by atoms with van der Waals surface area (Å²) in [5.74, 6) is 1.56. The van der Waals surface area contributed by atoms with Crippen LogP contribution in [0, 0.1) is 5.92 Å². The van der Waals surface area contributed by atoms with Crippen molar-refractivity contribution >= 4 is 11.6 Å². The Morgan fingerprint density at radius 3 is 2.80 bits per heavy atom. The Balaban J connectivity index is 1.73. The second-order valence-corrected chi connectivity index (χ2v) is 5.54. The Hall–Kier alpha value is -1.71. The van der Waals surface area contributed by atoms with Gasteiger partial charge in [0, 0.05) is 13.0 Å². The van der Waals surface area contributed by atoms with E-state index < -0.39 is 0 Å². The van der Waals surface area contributed by atoms with Gasteiger partial charge in [-0.05, 0) is 30.0 Å². The molecule has 0 aromatic heterocycles. The lowest BCUT2D eigenvalue weighted by Crippen LogP contribution is -2.23. The van der Waals surface area contributed by atoms with E-state index in [9.17, 15) is 4.79 Å². The Kier molecular flexibility index (Phi) is 5.27. The van der Waals surface area contributed by atoms with E-state index in [1.807, 2.05) is 18.2 Å². The summed E-state index contributed by atoms with van der Waals surface area (Å²) in [7, 11) is 1.59. The fourth-order valence-corrected chi connectivity index (χ4v) is 2.82. The highest BCUT2D eigenvalue weighted by molar-refractivity contribution is 5.75. The summed E-state index contributed by atoms with van der Waals surface area (Å²) in [6.07, 6.45) is 6.91. The third kappa shape index (κ3) is 4.15. The van der Waals surface area contributed by atoms with Gasteiger partial charge in [-0.2, -0.15) is 0 Å². The minimum Gasteiger partial charge on any atom is -0.495 e. The smallest absolute Gasteiger partial charge is 0.220 e. The van der Waals surface area contributed by atoms with Crippen LogP contribution < -0.4 is 15.8 Å². The van der Waals surface area contributed by atoms with Crippen LogP contribution in [0.15, 0.2) is 18.2 Å². The minimum absolute atomic E-state index is 0.131. The topological polar surface area (TPSA) is 64.3 Å². The number of ether oxygens (including phenoxy) is 1. The number of anilines is 1. The lowest BCUT2D eigenvalue weighted by molar-refractivity contribution is -0.121. The zero-order valence-corrected chi connectivity index (χ0v) is 12.2. The molecule has 1 aromatic carbocycles. The van der Waals surface area contributed by atoms with Crippen molar-refractivity contribution in [2.75, 3.05) is 12.8 Å². The molecule has 20 heavy (non-hydrogen) atoms. The van der Waals surface area contributed by atoms with E-state index in [0.29, 0.717) is 24.4 Å². The maximum atomic E-state index is 11.8. The fourth-order valence-electron chi connectivity index (χ4n) is 2.82. The van der Waals surface area contributed by atoms with Crippen molar-refractivity contribution in [1.82, 2.24) is 5.32 Å². The average molecular weight is 276 g/mol. The number of carbonyl (C=O) groups excluding carboxylic acids is 1. The maximum absolute atomic E-state index is 11.8. The van der Waals surface area contributed by atoms with Gasteiger partial charge in [0.1, 0.15) is 5.75 Å². The van der Waals surface area contributed by atoms with Gasteiger partial charge in [-0.3, -0.25) is 4.79 Å². The molecule has 0 unspecified atom stereocenters. The van der Waals surface area contributed by atoms with Gasteiger partial charge in [0.2, 0.25) is 5.91 Å². The zero-order valence-electron chi connectivity index (χ0n) is 12.2. The van der Waals surface area contributed by atoms with Crippen molar-refractivity contribution in [2.45, 2.75) is 45.1 Å². The number of carbonyl (C=O) groups is 1. The first-order chi connectivity index (χ1) is 9.69. The lowest BCUT2D eigenvalue weighted by Gasteiger charge is -2.10. The van der Waals surface area contributed by atoms with Crippen LogP contribution in [-0.4, -0.2) is 13.0 Å². The van der Waals surface area contributed by atoms with Crippen molar-refractivity contribution in [2.24, 2.45) is 5.92 Å². The van der Waals surface area contributed by atoms with Gasteiger partial charge < -0.3 is 15.8 Å². The molecule has 1 aliphatic carbocycles. The molecule has 0 spiro atoms. The summed E-state index contributed by atoms with van der Waals surface area (Å²) in [5, 5.41) is 2.95. The highest BCUT2D eigenvalue weighted by Gasteiger charge is 2.15. The van der Waals surface area contributed by atoms with Gasteiger partial charge in [0.15, 0.2) is 0 Å². The molecule has 4 heteroatoms. The van der Waals surface area contributed by atoms with Crippen LogP contribution in [0.3, 0.4) is 0 Å². The van der Waals surface area contributed by atoms with Gasteiger partial charge in [-0.15, -0.1) is 0 Å². The molecule has 0 bridgehead atoms. The SMILES string of the molecule is COc1ccc(CNC(=O)CCC2CCCC2)cc1N. The molecule has 4 nitrogen and oxygen atoms in total. The summed E-state index contributed by atoms with van der Waals surface area (Å²) in [6.45, 7) is 0.525. The fraction of sp³-hybridized carbons (Fsp3) is 0.562. The first-order valence-corrected chi connectivity index (χ1v) is 7.38. The number of rotatable bonds is 6. The molecule has 1 aromatic rings. The largest absolute Gasteiger partial charge is 0.495 e. The summed E-state index contributed by atoms with van der Waals surface area (Å²) in [4.78, 5) is 11.8. The van der Waals surface area contributed by atoms with Gasteiger partial charge in [0.25, 0.3) is 0 Å². The second kappa shape index (κ2) is 7.17. The van der Waals surface area contributed by atoms with E-state index in [0.717, 1.165) is 17.9 Å². The molecular formula is C16H24N2O2. The molecule has 0 saturated heterocycles. The standard InChI is InChI=1S/C16H24N2O2/c1-20-15-8-6-13(10-14(15)17)11-18-16(19)9-7-12-4-2-3-5-12/h6,8,10,12H,2-5,7,9,11,17H2,1H3,(H,18,19). The summed E-state index contributed by atoms with van der Waals surface area (Å²) in [5.41, 5.74) is 7.44. The highest BCUT2D eigenvalue weighted by Crippen LogP contribution is 2.28. The molecule has 1 saturated carbocycles. The third-order valence-corrected chi connectivity index (χ3v) is 4.04. The van der Waals surface area contributed by atoms with Crippen LogP contribution in [0.5, 0.6) is 5.75 Å². The molecule has 110 valence electrons. The van der Waals surface area contributed by atoms with E-state index in [2.05, 4.69) is 5.32 Å². The summed E-state index contributed by atoms with van der Waals surface area (Å²) >= 11 is 0. The monoisotopic (exact) mass is 276 g/mol. The maximum Gasteiger partial charge on any atom is 0.220 e. The van der Waals surface area contributed by atoms with E-state index in [-0.39, 0.29) is 5.91 Å². The van der Waals surface area contributed by atoms with Gasteiger partial charge >= 0.3 is 0 Å². The average Bonchev–Trinajstić information content (AvgIpc) is 2.96. The number of amides is 1. The highest BCUT2D eigenvalue weighted by atomic mass is 16.5. The van der Waals surface area contributed by atoms with Crippen LogP contribution in [0.4, 0.5) is 5.69 Å². The zero-order chi connectivity index (χ0) is 14.4. The minimum atomic E-state index is 0.131. The molecule has 3 N–H and O–H groups in total. The predicted octanol–water partition coefficient (Wildman–Crippen LogP) is 2.86. The van der Waals surface area contributed by atoms with E-state index in [1.165, 1.54) is 25.7 Å². The van der Waals surface area contributed by atoms with Crippen LogP contribution in [0.25, 0.3) is 0 Å². The number of hydrogen-bond donors (Lipinski definition) is 2. The molecule has 1 amide bonds. The molecule has 2 rings (SSSR count). The van der Waals surface area contributed by atoms with Gasteiger partial charge in [0.05, 0.1) is 12.8 Å². The van der Waals surface area contributed by atoms with Gasteiger partial charge in [-0.25, -0.2) is 0 Å². The van der Waals surface area contributed by atoms with Crippen molar-refractivity contribution in [1.29, 1.82) is 0 Å². The van der Waals surface area contributed by atoms with Gasteiger partial charge in [-0.1, -0.05) is 31.7 Å². The molecule has 0 atom stereocenters. The Morgan fingerprint density at radius 1 is 1.40 bits per heavy atom. The van der Waals surface area contributed by atoms with E-state index in [1.54, 1.807) is 7.11 Å². The summed E-state index contributed by atoms with van der Waals surface area (Å²) < 4.78 is 5.11. The van der Waals surface area contributed by atoms with Crippen molar-refractivity contribution < 1.29 is 9.53 Å². The van der Waals surface area contributed by atoms with Crippen molar-refractivity contribution in [3.8, 4) is 5.75 Å².